The zero-order valence-electron chi connectivity index (χ0n) is 24.4. The van der Waals surface area contributed by atoms with Crippen LogP contribution in [0, 0.1) is 0 Å². The minimum Gasteiger partial charge on any atom is -0.361 e. The minimum absolute atomic E-state index is 0.121. The third kappa shape index (κ3) is 6.34. The molecule has 0 radical (unpaired) electrons. The number of piperidine rings is 1. The van der Waals surface area contributed by atoms with Crippen molar-refractivity contribution >= 4 is 34.8 Å². The van der Waals surface area contributed by atoms with E-state index >= 15 is 0 Å². The van der Waals surface area contributed by atoms with Crippen molar-refractivity contribution in [2.75, 3.05) is 51.8 Å². The van der Waals surface area contributed by atoms with Crippen LogP contribution in [0.15, 0.2) is 54.7 Å². The molecule has 42 heavy (non-hydrogen) atoms. The van der Waals surface area contributed by atoms with Crippen molar-refractivity contribution in [2.24, 2.45) is 5.84 Å². The van der Waals surface area contributed by atoms with Crippen molar-refractivity contribution < 1.29 is 24.4 Å². The van der Waals surface area contributed by atoms with Gasteiger partial charge in [0, 0.05) is 56.4 Å². The van der Waals surface area contributed by atoms with E-state index in [0.29, 0.717) is 32.7 Å². The topological polar surface area (TPSA) is 141 Å². The van der Waals surface area contributed by atoms with E-state index < -0.39 is 17.7 Å². The monoisotopic (exact) mass is 576 g/mol. The highest BCUT2D eigenvalue weighted by Crippen LogP contribution is 2.42. The molecule has 3 aromatic rings. The Morgan fingerprint density at radius 1 is 1.24 bits per heavy atom. The maximum absolute atomic E-state index is 14.1. The Kier molecular flexibility index (Phi) is 9.22. The molecule has 1 spiro atoms. The number of hydrazine groups is 1. The lowest BCUT2D eigenvalue weighted by atomic mass is 9.85. The highest BCUT2D eigenvalue weighted by Gasteiger charge is 2.48. The molecule has 3 aliphatic rings. The van der Waals surface area contributed by atoms with Crippen LogP contribution in [-0.2, 0) is 32.0 Å². The van der Waals surface area contributed by atoms with Gasteiger partial charge in [-0.25, -0.2) is 0 Å². The number of H-pyrrole nitrogens is 1. The van der Waals surface area contributed by atoms with Crippen LogP contribution in [0.5, 0.6) is 0 Å². The summed E-state index contributed by atoms with van der Waals surface area (Å²) in [7, 11) is 3.56. The molecule has 6 rings (SSSR count). The molecule has 224 valence electrons. The second kappa shape index (κ2) is 13.0. The van der Waals surface area contributed by atoms with E-state index in [9.17, 15) is 14.4 Å². The lowest BCUT2D eigenvalue weighted by Crippen LogP contribution is -2.90. The first-order valence-electron chi connectivity index (χ1n) is 14.6. The van der Waals surface area contributed by atoms with E-state index in [4.69, 9.17) is 10.6 Å². The van der Waals surface area contributed by atoms with Gasteiger partial charge in [0.15, 0.2) is 6.10 Å². The van der Waals surface area contributed by atoms with Crippen LogP contribution in [0.4, 0.5) is 5.69 Å². The van der Waals surface area contributed by atoms with Crippen molar-refractivity contribution in [1.82, 2.24) is 20.2 Å². The fourth-order valence-electron chi connectivity index (χ4n) is 6.42. The third-order valence-corrected chi connectivity index (χ3v) is 8.28. The molecular weight excluding hydrogens is 534 g/mol. The predicted octanol–water partition coefficient (Wildman–Crippen LogP) is 0.159. The van der Waals surface area contributed by atoms with Gasteiger partial charge >= 0.3 is 0 Å². The number of quaternary nitrogens is 1. The Morgan fingerprint density at radius 3 is 2.76 bits per heavy atom. The average molecular weight is 577 g/mol. The summed E-state index contributed by atoms with van der Waals surface area (Å²) in [6.07, 6.45) is 4.95. The molecule has 3 aliphatic heterocycles. The Morgan fingerprint density at radius 2 is 2.00 bits per heavy atom. The first kappa shape index (κ1) is 29.7. The minimum atomic E-state index is -0.740. The number of carbonyl (C=O) groups excluding carboxylic acids is 3. The van der Waals surface area contributed by atoms with Gasteiger partial charge in [-0.3, -0.25) is 25.2 Å². The fourth-order valence-corrected chi connectivity index (χ4v) is 6.42. The lowest BCUT2D eigenvalue weighted by Gasteiger charge is -2.45. The number of hydrogen-bond acceptors (Lipinski definition) is 6. The summed E-state index contributed by atoms with van der Waals surface area (Å²) >= 11 is 0. The molecule has 0 aliphatic carbocycles. The largest absolute Gasteiger partial charge is 0.361 e. The molecule has 3 amide bonds. The van der Waals surface area contributed by atoms with Gasteiger partial charge in [-0.2, -0.15) is 0 Å². The number of likely N-dealkylation sites (tertiary alicyclic amines) is 1. The molecule has 0 saturated carbocycles. The van der Waals surface area contributed by atoms with Crippen molar-refractivity contribution in [1.29, 1.82) is 0 Å². The summed E-state index contributed by atoms with van der Waals surface area (Å²) in [6.45, 7) is 2.91. The van der Waals surface area contributed by atoms with Gasteiger partial charge in [0.25, 0.3) is 5.91 Å². The van der Waals surface area contributed by atoms with E-state index in [1.54, 1.807) is 14.1 Å². The second-order valence-electron chi connectivity index (χ2n) is 11.6. The van der Waals surface area contributed by atoms with Crippen LogP contribution in [0.1, 0.15) is 24.0 Å². The SMILES string of the molecule is CN(C)N.O=CN1c2ccccc2CC12CCCN(C(=O)[C@@H](Cc1c[nH]c3ccccc13)NC(=O)C1C[NH2+]CCO1)C2. The number of ether oxygens (including phenoxy) is 1. The normalized spacial score (nSPS) is 22.4. The summed E-state index contributed by atoms with van der Waals surface area (Å²) in [6, 6.07) is 15.2. The number of amides is 3. The van der Waals surface area contributed by atoms with Gasteiger partial charge < -0.3 is 30.2 Å². The van der Waals surface area contributed by atoms with Gasteiger partial charge in [-0.05, 0) is 42.5 Å². The molecule has 1 aromatic heterocycles. The summed E-state index contributed by atoms with van der Waals surface area (Å²) in [5, 5.41) is 7.63. The fraction of sp³-hybridized carbons (Fsp3) is 0.452. The number of morpholine rings is 1. The number of nitrogens with one attached hydrogen (secondary N) is 2. The maximum Gasteiger partial charge on any atom is 0.255 e. The maximum atomic E-state index is 14.1. The number of carbonyl (C=O) groups is 3. The van der Waals surface area contributed by atoms with E-state index in [2.05, 4.69) is 21.7 Å². The molecule has 2 aromatic carbocycles. The van der Waals surface area contributed by atoms with Crippen LogP contribution >= 0.6 is 0 Å². The smallest absolute Gasteiger partial charge is 0.255 e. The van der Waals surface area contributed by atoms with Crippen molar-refractivity contribution in [2.45, 2.75) is 43.4 Å². The number of nitrogens with zero attached hydrogens (tertiary/aromatic N) is 3. The van der Waals surface area contributed by atoms with Gasteiger partial charge in [0.2, 0.25) is 12.3 Å². The summed E-state index contributed by atoms with van der Waals surface area (Å²) in [5.41, 5.74) is 3.56. The highest BCUT2D eigenvalue weighted by molar-refractivity contribution is 5.91. The Hall–Kier alpha value is -3.77. The summed E-state index contributed by atoms with van der Waals surface area (Å²) < 4.78 is 5.69. The quantitative estimate of drug-likeness (QED) is 0.187. The van der Waals surface area contributed by atoms with E-state index in [1.165, 1.54) is 5.01 Å². The Bertz CT molecular complexity index is 1400. The number of benzene rings is 2. The molecule has 2 fully saturated rings. The number of aromatic nitrogens is 1. The predicted molar refractivity (Wildman–Crippen MR) is 160 cm³/mol. The molecule has 2 saturated heterocycles. The third-order valence-electron chi connectivity index (χ3n) is 8.28. The van der Waals surface area contributed by atoms with Gasteiger partial charge in [0.05, 0.1) is 18.7 Å². The molecule has 3 atom stereocenters. The molecule has 4 heterocycles. The first-order chi connectivity index (χ1) is 20.3. The highest BCUT2D eigenvalue weighted by atomic mass is 16.5. The second-order valence-corrected chi connectivity index (χ2v) is 11.6. The van der Waals surface area contributed by atoms with Crippen molar-refractivity contribution in [3.63, 3.8) is 0 Å². The standard InChI is InChI=1S/C29H33N5O4.C2H8N2/c35-19-34-25-9-4-1-6-20(25)15-29(34)10-5-12-33(18-29)28(37)24(32-27(36)26-17-30-11-13-38-26)14-21-16-31-23-8-3-2-7-22(21)23;1-4(2)3/h1-4,6-9,16,19,24,26,30-31H,5,10-15,17-18H2,(H,32,36);3H2,1-2H3/p+1/t24-,26?,29?;/m1./s1. The van der Waals surface area contributed by atoms with Crippen molar-refractivity contribution in [3.05, 3.63) is 65.9 Å². The van der Waals surface area contributed by atoms with E-state index in [1.807, 2.05) is 58.5 Å². The molecular formula is C31H42N7O4+. The lowest BCUT2D eigenvalue weighted by molar-refractivity contribution is -0.674. The van der Waals surface area contributed by atoms with Crippen LogP contribution in [-0.4, -0.2) is 97.7 Å². The number of rotatable bonds is 6. The zero-order valence-corrected chi connectivity index (χ0v) is 24.4. The molecule has 11 heteroatoms. The Labute approximate surface area is 246 Å². The number of fused-ring (bicyclic) bond motifs is 2. The number of aromatic amines is 1. The number of anilines is 1. The summed E-state index contributed by atoms with van der Waals surface area (Å²) in [4.78, 5) is 46.5. The van der Waals surface area contributed by atoms with E-state index in [0.717, 1.165) is 59.9 Å². The number of hydrogen-bond donors (Lipinski definition) is 4. The van der Waals surface area contributed by atoms with Gasteiger partial charge in [0.1, 0.15) is 12.6 Å². The first-order valence-corrected chi connectivity index (χ1v) is 14.6. The molecule has 6 N–H and O–H groups in total. The summed E-state index contributed by atoms with van der Waals surface area (Å²) in [5.74, 6) is 4.57. The van der Waals surface area contributed by atoms with Crippen molar-refractivity contribution in [3.8, 4) is 0 Å². The number of nitrogens with two attached hydrogens (primary N) is 2. The van der Waals surface area contributed by atoms with Crippen LogP contribution in [0.2, 0.25) is 0 Å². The molecule has 2 unspecified atom stereocenters. The van der Waals surface area contributed by atoms with Gasteiger partial charge in [-0.15, -0.1) is 0 Å². The van der Waals surface area contributed by atoms with Gasteiger partial charge in [-0.1, -0.05) is 36.4 Å². The van der Waals surface area contributed by atoms with Crippen LogP contribution in [0.25, 0.3) is 10.9 Å². The number of para-hydroxylation sites is 2. The molecule has 0 bridgehead atoms. The zero-order chi connectivity index (χ0) is 29.7. The molecule has 11 nitrogen and oxygen atoms in total. The Balaban J connectivity index is 0.000000830. The van der Waals surface area contributed by atoms with Crippen LogP contribution < -0.4 is 21.4 Å². The van der Waals surface area contributed by atoms with Crippen LogP contribution in [0.3, 0.4) is 0 Å². The van der Waals surface area contributed by atoms with E-state index in [-0.39, 0.29) is 11.8 Å². The average Bonchev–Trinajstić information content (AvgIpc) is 3.54.